The Labute approximate surface area is 80.0 Å². The maximum Gasteiger partial charge on any atom is 0.407 e. The molecule has 7 nitrogen and oxygen atoms in total. The molecule has 0 heterocycles. The summed E-state index contributed by atoms with van der Waals surface area (Å²) in [5, 5.41) is 12.3. The highest BCUT2D eigenvalue weighted by atomic mass is 16.5. The Morgan fingerprint density at radius 3 is 2.21 bits per heavy atom. The zero-order valence-electron chi connectivity index (χ0n) is 7.73. The number of alkyl carbamates (subject to hydrolysis) is 1. The maximum absolute atomic E-state index is 10.7. The Hall–Kier alpha value is -1.79. The van der Waals surface area contributed by atoms with Crippen molar-refractivity contribution in [3.8, 4) is 0 Å². The van der Waals surface area contributed by atoms with E-state index in [9.17, 15) is 19.5 Å². The number of aliphatic carboxylic acids is 1. The summed E-state index contributed by atoms with van der Waals surface area (Å²) in [5.41, 5.74) is 0. The number of hydrogen-bond donors (Lipinski definition) is 1. The van der Waals surface area contributed by atoms with Crippen molar-refractivity contribution in [3.63, 3.8) is 0 Å². The van der Waals surface area contributed by atoms with E-state index in [-0.39, 0.29) is 0 Å². The summed E-state index contributed by atoms with van der Waals surface area (Å²) in [6, 6.07) is -1.45. The molecule has 0 unspecified atom stereocenters. The van der Waals surface area contributed by atoms with Crippen LogP contribution in [0.2, 0.25) is 0 Å². The standard InChI is InChI=1S/C7H11NO6/c1-13-5(9)3-4(6(10)11)8-7(12)14-2/h4H,3H2,1-2H3,(H,8,12)(H,10,11)/p-1/t4-/m0/s1. The molecule has 0 radical (unpaired) electrons. The first kappa shape index (κ1) is 12.2. The molecule has 0 saturated carbocycles. The van der Waals surface area contributed by atoms with Crippen molar-refractivity contribution in [1.82, 2.24) is 5.32 Å². The lowest BCUT2D eigenvalue weighted by atomic mass is 10.2. The highest BCUT2D eigenvalue weighted by molar-refractivity contribution is 5.83. The Morgan fingerprint density at radius 2 is 1.86 bits per heavy atom. The number of carbonyl (C=O) groups excluding carboxylic acids is 3. The molecule has 1 amide bonds. The predicted octanol–water partition coefficient (Wildman–Crippen LogP) is -1.98. The largest absolute Gasteiger partial charge is 0.548 e. The van der Waals surface area contributed by atoms with Gasteiger partial charge in [0, 0.05) is 0 Å². The molecule has 0 aromatic heterocycles. The van der Waals surface area contributed by atoms with Gasteiger partial charge in [-0.1, -0.05) is 0 Å². The van der Waals surface area contributed by atoms with E-state index in [1.807, 2.05) is 5.32 Å². The second-order valence-electron chi connectivity index (χ2n) is 2.29. The van der Waals surface area contributed by atoms with Gasteiger partial charge in [0.1, 0.15) is 0 Å². The Bertz CT molecular complexity index is 220. The Balaban J connectivity index is 4.23. The summed E-state index contributed by atoms with van der Waals surface area (Å²) in [7, 11) is 2.17. The number of carbonyl (C=O) groups is 3. The number of rotatable bonds is 4. The normalized spacial score (nSPS) is 11.3. The fraction of sp³-hybridized carbons (Fsp3) is 0.571. The fourth-order valence-electron chi connectivity index (χ4n) is 0.644. The molecular weight excluding hydrogens is 194 g/mol. The topological polar surface area (TPSA) is 105 Å². The van der Waals surface area contributed by atoms with Crippen LogP contribution in [0.25, 0.3) is 0 Å². The minimum Gasteiger partial charge on any atom is -0.548 e. The van der Waals surface area contributed by atoms with Crippen LogP contribution in [0.4, 0.5) is 4.79 Å². The summed E-state index contributed by atoms with van der Waals surface area (Å²) < 4.78 is 8.38. The van der Waals surface area contributed by atoms with Gasteiger partial charge in [-0.25, -0.2) is 4.79 Å². The van der Waals surface area contributed by atoms with Gasteiger partial charge in [-0.3, -0.25) is 4.79 Å². The van der Waals surface area contributed by atoms with Crippen molar-refractivity contribution in [2.45, 2.75) is 12.5 Å². The van der Waals surface area contributed by atoms with E-state index in [0.717, 1.165) is 14.2 Å². The number of nitrogens with one attached hydrogen (secondary N) is 1. The monoisotopic (exact) mass is 204 g/mol. The number of amides is 1. The van der Waals surface area contributed by atoms with Gasteiger partial charge in [-0.2, -0.15) is 0 Å². The quantitative estimate of drug-likeness (QED) is 0.532. The van der Waals surface area contributed by atoms with Gasteiger partial charge < -0.3 is 24.7 Å². The fourth-order valence-corrected chi connectivity index (χ4v) is 0.644. The third-order valence-electron chi connectivity index (χ3n) is 1.36. The van der Waals surface area contributed by atoms with Crippen LogP contribution in [0.1, 0.15) is 6.42 Å². The van der Waals surface area contributed by atoms with Crippen LogP contribution < -0.4 is 10.4 Å². The van der Waals surface area contributed by atoms with Gasteiger partial charge in [-0.15, -0.1) is 0 Å². The number of ether oxygens (including phenoxy) is 2. The number of carboxylic acid groups (broad SMARTS) is 1. The zero-order chi connectivity index (χ0) is 11.1. The lowest BCUT2D eigenvalue weighted by Gasteiger charge is -2.17. The molecule has 0 aromatic carbocycles. The summed E-state index contributed by atoms with van der Waals surface area (Å²) in [6.07, 6.45) is -1.46. The average molecular weight is 204 g/mol. The van der Waals surface area contributed by atoms with E-state index in [2.05, 4.69) is 9.47 Å². The third-order valence-corrected chi connectivity index (χ3v) is 1.36. The highest BCUT2D eigenvalue weighted by Gasteiger charge is 2.17. The summed E-state index contributed by atoms with van der Waals surface area (Å²) in [5.74, 6) is -2.35. The number of esters is 1. The molecule has 0 aliphatic heterocycles. The average Bonchev–Trinajstić information content (AvgIpc) is 2.16. The van der Waals surface area contributed by atoms with Crippen LogP contribution in [0.3, 0.4) is 0 Å². The molecule has 0 fully saturated rings. The van der Waals surface area contributed by atoms with E-state index in [1.165, 1.54) is 0 Å². The van der Waals surface area contributed by atoms with E-state index in [4.69, 9.17) is 0 Å². The van der Waals surface area contributed by atoms with Gasteiger partial charge >= 0.3 is 12.1 Å². The summed E-state index contributed by atoms with van der Waals surface area (Å²) >= 11 is 0. The minimum absolute atomic E-state index is 0.506. The van der Waals surface area contributed by atoms with E-state index in [1.54, 1.807) is 0 Å². The Morgan fingerprint density at radius 1 is 1.29 bits per heavy atom. The minimum atomic E-state index is -1.58. The van der Waals surface area contributed by atoms with Crippen molar-refractivity contribution in [2.75, 3.05) is 14.2 Å². The molecule has 0 aliphatic carbocycles. The number of methoxy groups -OCH3 is 2. The van der Waals surface area contributed by atoms with Crippen molar-refractivity contribution in [2.24, 2.45) is 0 Å². The molecule has 0 bridgehead atoms. The van der Waals surface area contributed by atoms with Crippen molar-refractivity contribution in [1.29, 1.82) is 0 Å². The molecular formula is C7H10NO6-. The van der Waals surface area contributed by atoms with Crippen LogP contribution in [0.15, 0.2) is 0 Å². The first-order chi connectivity index (χ1) is 6.51. The lowest BCUT2D eigenvalue weighted by Crippen LogP contribution is -2.49. The van der Waals surface area contributed by atoms with Crippen molar-refractivity contribution >= 4 is 18.0 Å². The molecule has 0 rings (SSSR count). The molecule has 7 heteroatoms. The molecule has 80 valence electrons. The molecule has 1 N–H and O–H groups in total. The first-order valence-corrected chi connectivity index (χ1v) is 3.63. The molecule has 1 atom stereocenters. The molecule has 0 saturated heterocycles. The van der Waals surface area contributed by atoms with E-state index < -0.39 is 30.5 Å². The molecule has 0 spiro atoms. The first-order valence-electron chi connectivity index (χ1n) is 3.63. The second kappa shape index (κ2) is 5.79. The predicted molar refractivity (Wildman–Crippen MR) is 41.0 cm³/mol. The van der Waals surface area contributed by atoms with Crippen molar-refractivity contribution < 1.29 is 29.0 Å². The van der Waals surface area contributed by atoms with Gasteiger partial charge in [0.05, 0.1) is 32.7 Å². The van der Waals surface area contributed by atoms with Gasteiger partial charge in [0.15, 0.2) is 0 Å². The summed E-state index contributed by atoms with van der Waals surface area (Å²) in [4.78, 5) is 31.7. The maximum atomic E-state index is 10.7. The highest BCUT2D eigenvalue weighted by Crippen LogP contribution is 1.94. The van der Waals surface area contributed by atoms with Crippen LogP contribution in [0.5, 0.6) is 0 Å². The third kappa shape index (κ3) is 4.29. The van der Waals surface area contributed by atoms with Gasteiger partial charge in [0.2, 0.25) is 0 Å². The van der Waals surface area contributed by atoms with E-state index in [0.29, 0.717) is 0 Å². The van der Waals surface area contributed by atoms with Crippen LogP contribution in [0, 0.1) is 0 Å². The lowest BCUT2D eigenvalue weighted by molar-refractivity contribution is -0.308. The van der Waals surface area contributed by atoms with Crippen LogP contribution in [-0.2, 0) is 19.1 Å². The van der Waals surface area contributed by atoms with Crippen molar-refractivity contribution in [3.05, 3.63) is 0 Å². The van der Waals surface area contributed by atoms with Crippen LogP contribution in [-0.4, -0.2) is 38.3 Å². The smallest absolute Gasteiger partial charge is 0.407 e. The number of hydrogen-bond acceptors (Lipinski definition) is 6. The SMILES string of the molecule is COC(=O)C[C@H](NC(=O)OC)C(=O)[O-]. The number of carboxylic acids is 1. The molecule has 0 aromatic rings. The summed E-state index contributed by atoms with van der Waals surface area (Å²) in [6.45, 7) is 0. The molecule has 0 aliphatic rings. The Kier molecular flexibility index (Phi) is 5.05. The molecule has 14 heavy (non-hydrogen) atoms. The zero-order valence-corrected chi connectivity index (χ0v) is 7.73. The van der Waals surface area contributed by atoms with Gasteiger partial charge in [0.25, 0.3) is 0 Å². The van der Waals surface area contributed by atoms with Gasteiger partial charge in [-0.05, 0) is 0 Å². The van der Waals surface area contributed by atoms with E-state index >= 15 is 0 Å². The second-order valence-corrected chi connectivity index (χ2v) is 2.29. The van der Waals surface area contributed by atoms with Crippen LogP contribution >= 0.6 is 0 Å².